The second-order valence-electron chi connectivity index (χ2n) is 3.73. The molecule has 1 rings (SSSR count). The topological polar surface area (TPSA) is 52.9 Å². The molecule has 0 aliphatic carbocycles. The molecule has 0 aromatic heterocycles. The maximum absolute atomic E-state index is 11.5. The van der Waals surface area contributed by atoms with Gasteiger partial charge < -0.3 is 10.1 Å². The van der Waals surface area contributed by atoms with Crippen LogP contribution in [-0.4, -0.2) is 41.7 Å². The van der Waals surface area contributed by atoms with E-state index >= 15 is 0 Å². The Kier molecular flexibility index (Phi) is 3.42. The van der Waals surface area contributed by atoms with Crippen LogP contribution in [0.5, 0.6) is 0 Å². The van der Waals surface area contributed by atoms with Crippen LogP contribution in [0.4, 0.5) is 0 Å². The van der Waals surface area contributed by atoms with Gasteiger partial charge in [0.05, 0.1) is 5.71 Å². The van der Waals surface area contributed by atoms with Crippen LogP contribution < -0.4 is 0 Å². The summed E-state index contributed by atoms with van der Waals surface area (Å²) in [6.07, 6.45) is 1.23. The first-order chi connectivity index (χ1) is 6.13. The first-order valence-electron chi connectivity index (χ1n) is 4.52. The van der Waals surface area contributed by atoms with Crippen LogP contribution >= 0.6 is 0 Å². The average molecular weight is 184 g/mol. The van der Waals surface area contributed by atoms with Gasteiger partial charge in [-0.05, 0) is 26.9 Å². The molecule has 0 aromatic carbocycles. The number of oxime groups is 1. The van der Waals surface area contributed by atoms with Crippen molar-refractivity contribution in [1.82, 2.24) is 4.90 Å². The van der Waals surface area contributed by atoms with Gasteiger partial charge in [0.15, 0.2) is 0 Å². The molecule has 1 heterocycles. The third kappa shape index (κ3) is 2.81. The minimum Gasteiger partial charge on any atom is -0.411 e. The lowest BCUT2D eigenvalue weighted by Gasteiger charge is -2.08. The fourth-order valence-electron chi connectivity index (χ4n) is 1.63. The Balaban J connectivity index is 2.40. The third-order valence-electron chi connectivity index (χ3n) is 2.45. The molecule has 1 aliphatic rings. The second-order valence-corrected chi connectivity index (χ2v) is 3.73. The monoisotopic (exact) mass is 184 g/mol. The molecule has 0 amide bonds. The summed E-state index contributed by atoms with van der Waals surface area (Å²) in [6, 6.07) is 0. The van der Waals surface area contributed by atoms with Crippen molar-refractivity contribution < 1.29 is 10.0 Å². The zero-order chi connectivity index (χ0) is 9.84. The van der Waals surface area contributed by atoms with E-state index in [1.165, 1.54) is 0 Å². The Morgan fingerprint density at radius 3 is 2.85 bits per heavy atom. The molecular formula is C9H16N2O2. The second kappa shape index (κ2) is 4.37. The number of hydrogen-bond acceptors (Lipinski definition) is 4. The van der Waals surface area contributed by atoms with Crippen LogP contribution in [0, 0.1) is 5.92 Å². The van der Waals surface area contributed by atoms with E-state index in [0.717, 1.165) is 19.5 Å². The number of Topliss-reactive ketones (excluding diaryl/α,β-unsaturated/α-hetero) is 1. The Morgan fingerprint density at radius 1 is 1.69 bits per heavy atom. The van der Waals surface area contributed by atoms with Gasteiger partial charge in [0.25, 0.3) is 0 Å². The molecule has 0 aromatic rings. The van der Waals surface area contributed by atoms with Gasteiger partial charge in [-0.15, -0.1) is 0 Å². The highest BCUT2D eigenvalue weighted by atomic mass is 16.4. The molecule has 0 spiro atoms. The molecule has 4 nitrogen and oxygen atoms in total. The fraction of sp³-hybridized carbons (Fsp3) is 0.778. The van der Waals surface area contributed by atoms with Gasteiger partial charge in [0, 0.05) is 18.9 Å². The number of carbonyl (C=O) groups excluding carboxylic acids is 1. The van der Waals surface area contributed by atoms with Crippen LogP contribution in [0.2, 0.25) is 0 Å². The number of rotatable bonds is 3. The fourth-order valence-corrected chi connectivity index (χ4v) is 1.63. The van der Waals surface area contributed by atoms with Gasteiger partial charge in [0.2, 0.25) is 0 Å². The zero-order valence-corrected chi connectivity index (χ0v) is 8.16. The smallest absolute Gasteiger partial charge is 0.143 e. The van der Waals surface area contributed by atoms with Gasteiger partial charge in [-0.1, -0.05) is 5.16 Å². The van der Waals surface area contributed by atoms with Crippen LogP contribution in [0.3, 0.4) is 0 Å². The van der Waals surface area contributed by atoms with Crippen molar-refractivity contribution in [3.05, 3.63) is 0 Å². The predicted molar refractivity (Wildman–Crippen MR) is 50.1 cm³/mol. The molecule has 1 aliphatic heterocycles. The molecule has 1 fully saturated rings. The lowest BCUT2D eigenvalue weighted by atomic mass is 9.99. The van der Waals surface area contributed by atoms with Gasteiger partial charge in [-0.2, -0.15) is 0 Å². The Labute approximate surface area is 78.2 Å². The van der Waals surface area contributed by atoms with Crippen molar-refractivity contribution >= 4 is 11.5 Å². The number of likely N-dealkylation sites (tertiary alicyclic amines) is 1. The molecule has 0 radical (unpaired) electrons. The lowest BCUT2D eigenvalue weighted by molar-refractivity contribution is -0.121. The average Bonchev–Trinajstić information content (AvgIpc) is 2.51. The summed E-state index contributed by atoms with van der Waals surface area (Å²) < 4.78 is 0. The standard InChI is InChI=1S/C9H16N2O2/c1-7(10-13)5-9(12)8-3-4-11(2)6-8/h8,13H,3-6H2,1-2H3/b10-7+/t8-/m0/s1. The zero-order valence-electron chi connectivity index (χ0n) is 8.16. The van der Waals surface area contributed by atoms with E-state index in [9.17, 15) is 4.79 Å². The van der Waals surface area contributed by atoms with Crippen molar-refractivity contribution in [2.24, 2.45) is 11.1 Å². The van der Waals surface area contributed by atoms with E-state index in [2.05, 4.69) is 10.1 Å². The molecule has 1 atom stereocenters. The number of carbonyl (C=O) groups is 1. The quantitative estimate of drug-likeness (QED) is 0.400. The summed E-state index contributed by atoms with van der Waals surface area (Å²) in [5, 5.41) is 11.4. The van der Waals surface area contributed by atoms with Crippen molar-refractivity contribution in [1.29, 1.82) is 0 Å². The maximum atomic E-state index is 11.5. The van der Waals surface area contributed by atoms with E-state index < -0.39 is 0 Å². The normalized spacial score (nSPS) is 25.1. The summed E-state index contributed by atoms with van der Waals surface area (Å²) in [7, 11) is 2.01. The summed E-state index contributed by atoms with van der Waals surface area (Å²) in [6.45, 7) is 3.50. The molecule has 4 heteroatoms. The Morgan fingerprint density at radius 2 is 2.38 bits per heavy atom. The van der Waals surface area contributed by atoms with Crippen molar-refractivity contribution in [3.63, 3.8) is 0 Å². The predicted octanol–water partition coefficient (Wildman–Crippen LogP) is 0.747. The highest BCUT2D eigenvalue weighted by molar-refractivity contribution is 6.01. The summed E-state index contributed by atoms with van der Waals surface area (Å²) in [5.74, 6) is 0.335. The summed E-state index contributed by atoms with van der Waals surface area (Å²) in [5.41, 5.74) is 0.500. The molecule has 1 N–H and O–H groups in total. The highest BCUT2D eigenvalue weighted by Gasteiger charge is 2.25. The Hall–Kier alpha value is -0.900. The largest absolute Gasteiger partial charge is 0.411 e. The van der Waals surface area contributed by atoms with Crippen LogP contribution in [0.25, 0.3) is 0 Å². The van der Waals surface area contributed by atoms with E-state index in [1.54, 1.807) is 6.92 Å². The van der Waals surface area contributed by atoms with E-state index in [4.69, 9.17) is 5.21 Å². The molecule has 0 saturated carbocycles. The molecule has 0 bridgehead atoms. The Bertz CT molecular complexity index is 226. The number of hydrogen-bond donors (Lipinski definition) is 1. The third-order valence-corrected chi connectivity index (χ3v) is 2.45. The summed E-state index contributed by atoms with van der Waals surface area (Å²) >= 11 is 0. The number of nitrogens with zero attached hydrogens (tertiary/aromatic N) is 2. The molecule has 74 valence electrons. The first kappa shape index (κ1) is 10.2. The van der Waals surface area contributed by atoms with Gasteiger partial charge in [0.1, 0.15) is 5.78 Å². The maximum Gasteiger partial charge on any atom is 0.143 e. The minimum atomic E-state index is 0.140. The van der Waals surface area contributed by atoms with Crippen molar-refractivity contribution in [2.45, 2.75) is 19.8 Å². The summed E-state index contributed by atoms with van der Waals surface area (Å²) in [4.78, 5) is 13.7. The van der Waals surface area contributed by atoms with Gasteiger partial charge in [-0.25, -0.2) is 0 Å². The van der Waals surface area contributed by atoms with Crippen LogP contribution in [0.15, 0.2) is 5.16 Å². The SMILES string of the molecule is C/C(CC(=O)[C@H]1CCN(C)C1)=N\O. The van der Waals surface area contributed by atoms with Crippen molar-refractivity contribution in [2.75, 3.05) is 20.1 Å². The molecule has 0 unspecified atom stereocenters. The molecular weight excluding hydrogens is 168 g/mol. The number of ketones is 1. The van der Waals surface area contributed by atoms with Crippen LogP contribution in [0.1, 0.15) is 19.8 Å². The van der Waals surface area contributed by atoms with Gasteiger partial charge >= 0.3 is 0 Å². The highest BCUT2D eigenvalue weighted by Crippen LogP contribution is 2.16. The lowest BCUT2D eigenvalue weighted by Crippen LogP contribution is -2.21. The minimum absolute atomic E-state index is 0.140. The van der Waals surface area contributed by atoms with Crippen molar-refractivity contribution in [3.8, 4) is 0 Å². The van der Waals surface area contributed by atoms with E-state index in [1.807, 2.05) is 7.05 Å². The molecule has 1 saturated heterocycles. The van der Waals surface area contributed by atoms with Gasteiger partial charge in [-0.3, -0.25) is 4.79 Å². The van der Waals surface area contributed by atoms with Crippen LogP contribution in [-0.2, 0) is 4.79 Å². The van der Waals surface area contributed by atoms with E-state index in [-0.39, 0.29) is 18.1 Å². The molecule has 13 heavy (non-hydrogen) atoms. The first-order valence-corrected chi connectivity index (χ1v) is 4.52. The van der Waals surface area contributed by atoms with E-state index in [0.29, 0.717) is 5.71 Å².